The molecular formula is C22H24N2O3S. The molecule has 0 aliphatic heterocycles. The van der Waals surface area contributed by atoms with Crippen molar-refractivity contribution in [2.45, 2.75) is 27.2 Å². The number of hydrogen-bond donors (Lipinski definition) is 1. The van der Waals surface area contributed by atoms with Gasteiger partial charge in [0.05, 0.1) is 12.3 Å². The molecule has 0 fully saturated rings. The normalized spacial score (nSPS) is 10.5. The second kappa shape index (κ2) is 9.37. The molecule has 3 rings (SSSR count). The standard InChI is InChI=1S/C22H24N2O3S/c1-4-12-26-18-10-8-17(9-11-18)19-14-28-22(23-19)24-21(25)13-27-20-7-5-6-15(2)16(20)3/h5-11,14H,4,12-13H2,1-3H3,(H,23,24,25). The molecule has 0 saturated carbocycles. The van der Waals surface area contributed by atoms with Crippen LogP contribution in [0, 0.1) is 13.8 Å². The van der Waals surface area contributed by atoms with Gasteiger partial charge in [0.1, 0.15) is 11.5 Å². The second-order valence-corrected chi connectivity index (χ2v) is 7.30. The first kappa shape index (κ1) is 19.9. The Labute approximate surface area is 169 Å². The van der Waals surface area contributed by atoms with Gasteiger partial charge >= 0.3 is 0 Å². The minimum absolute atomic E-state index is 0.0529. The molecule has 2 aromatic carbocycles. The number of benzene rings is 2. The molecule has 0 saturated heterocycles. The molecule has 3 aromatic rings. The first-order valence-electron chi connectivity index (χ1n) is 9.24. The van der Waals surface area contributed by atoms with Gasteiger partial charge in [0.15, 0.2) is 11.7 Å². The van der Waals surface area contributed by atoms with Gasteiger partial charge in [-0.25, -0.2) is 4.98 Å². The predicted octanol–water partition coefficient (Wildman–Crippen LogP) is 5.23. The topological polar surface area (TPSA) is 60.5 Å². The summed E-state index contributed by atoms with van der Waals surface area (Å²) in [5.41, 5.74) is 3.97. The monoisotopic (exact) mass is 396 g/mol. The number of anilines is 1. The lowest BCUT2D eigenvalue weighted by atomic mass is 10.1. The van der Waals surface area contributed by atoms with Crippen LogP contribution in [0.4, 0.5) is 5.13 Å². The Kier molecular flexibility index (Phi) is 6.66. The van der Waals surface area contributed by atoms with E-state index in [0.717, 1.165) is 40.3 Å². The zero-order chi connectivity index (χ0) is 19.9. The lowest BCUT2D eigenvalue weighted by Crippen LogP contribution is -2.20. The maximum atomic E-state index is 12.2. The minimum atomic E-state index is -0.231. The summed E-state index contributed by atoms with van der Waals surface area (Å²) in [6.07, 6.45) is 0.976. The van der Waals surface area contributed by atoms with Gasteiger partial charge in [-0.2, -0.15) is 0 Å². The molecule has 1 heterocycles. The summed E-state index contributed by atoms with van der Waals surface area (Å²) in [5.74, 6) is 1.34. The Hall–Kier alpha value is -2.86. The maximum absolute atomic E-state index is 12.2. The van der Waals surface area contributed by atoms with E-state index in [4.69, 9.17) is 9.47 Å². The van der Waals surface area contributed by atoms with Crippen LogP contribution in [0.1, 0.15) is 24.5 Å². The van der Waals surface area contributed by atoms with Crippen molar-refractivity contribution in [2.24, 2.45) is 0 Å². The number of hydrogen-bond acceptors (Lipinski definition) is 5. The van der Waals surface area contributed by atoms with E-state index in [1.807, 2.05) is 61.7 Å². The number of aryl methyl sites for hydroxylation is 1. The Morgan fingerprint density at radius 3 is 2.64 bits per heavy atom. The molecule has 0 aliphatic rings. The van der Waals surface area contributed by atoms with Crippen LogP contribution < -0.4 is 14.8 Å². The Balaban J connectivity index is 1.56. The zero-order valence-corrected chi connectivity index (χ0v) is 17.1. The van der Waals surface area contributed by atoms with Crippen LogP contribution in [-0.2, 0) is 4.79 Å². The molecule has 1 N–H and O–H groups in total. The van der Waals surface area contributed by atoms with E-state index < -0.39 is 0 Å². The van der Waals surface area contributed by atoms with Crippen LogP contribution in [0.25, 0.3) is 11.3 Å². The molecule has 0 aliphatic carbocycles. The summed E-state index contributed by atoms with van der Waals surface area (Å²) in [6, 6.07) is 13.6. The summed E-state index contributed by atoms with van der Waals surface area (Å²) in [4.78, 5) is 16.7. The summed E-state index contributed by atoms with van der Waals surface area (Å²) in [5, 5.41) is 5.27. The number of nitrogens with one attached hydrogen (secondary N) is 1. The minimum Gasteiger partial charge on any atom is -0.494 e. The quantitative estimate of drug-likeness (QED) is 0.566. The van der Waals surface area contributed by atoms with E-state index in [1.54, 1.807) is 0 Å². The molecule has 0 radical (unpaired) electrons. The highest BCUT2D eigenvalue weighted by molar-refractivity contribution is 7.14. The zero-order valence-electron chi connectivity index (χ0n) is 16.3. The summed E-state index contributed by atoms with van der Waals surface area (Å²) < 4.78 is 11.2. The van der Waals surface area contributed by atoms with Crippen LogP contribution in [0.15, 0.2) is 47.8 Å². The van der Waals surface area contributed by atoms with E-state index in [-0.39, 0.29) is 12.5 Å². The Morgan fingerprint density at radius 1 is 1.11 bits per heavy atom. The number of aromatic nitrogens is 1. The molecule has 1 aromatic heterocycles. The SMILES string of the molecule is CCCOc1ccc(-c2csc(NC(=O)COc3cccc(C)c3C)n2)cc1. The second-order valence-electron chi connectivity index (χ2n) is 6.45. The largest absolute Gasteiger partial charge is 0.494 e. The first-order valence-corrected chi connectivity index (χ1v) is 10.1. The van der Waals surface area contributed by atoms with Crippen molar-refractivity contribution >= 4 is 22.4 Å². The fraction of sp³-hybridized carbons (Fsp3) is 0.273. The number of carbonyl (C=O) groups is 1. The van der Waals surface area contributed by atoms with Gasteiger partial charge in [0, 0.05) is 10.9 Å². The van der Waals surface area contributed by atoms with Gasteiger partial charge in [0.25, 0.3) is 5.91 Å². The lowest BCUT2D eigenvalue weighted by Gasteiger charge is -2.10. The molecule has 0 bridgehead atoms. The number of amides is 1. The van der Waals surface area contributed by atoms with Crippen molar-refractivity contribution < 1.29 is 14.3 Å². The highest BCUT2D eigenvalue weighted by atomic mass is 32.1. The number of rotatable bonds is 8. The van der Waals surface area contributed by atoms with Crippen molar-refractivity contribution in [3.63, 3.8) is 0 Å². The number of nitrogens with zero attached hydrogens (tertiary/aromatic N) is 1. The van der Waals surface area contributed by atoms with Crippen molar-refractivity contribution in [1.82, 2.24) is 4.98 Å². The smallest absolute Gasteiger partial charge is 0.264 e. The molecule has 6 heteroatoms. The van der Waals surface area contributed by atoms with E-state index >= 15 is 0 Å². The number of ether oxygens (including phenoxy) is 2. The molecule has 146 valence electrons. The highest BCUT2D eigenvalue weighted by Gasteiger charge is 2.10. The van der Waals surface area contributed by atoms with Crippen molar-refractivity contribution in [1.29, 1.82) is 0 Å². The maximum Gasteiger partial charge on any atom is 0.264 e. The fourth-order valence-corrected chi connectivity index (χ4v) is 3.32. The first-order chi connectivity index (χ1) is 13.6. The summed E-state index contributed by atoms with van der Waals surface area (Å²) in [7, 11) is 0. The third kappa shape index (κ3) is 5.10. The van der Waals surface area contributed by atoms with Crippen molar-refractivity contribution in [3.8, 4) is 22.8 Å². The van der Waals surface area contributed by atoms with Crippen LogP contribution >= 0.6 is 11.3 Å². The van der Waals surface area contributed by atoms with Crippen LogP contribution in [0.3, 0.4) is 0 Å². The third-order valence-electron chi connectivity index (χ3n) is 4.29. The van der Waals surface area contributed by atoms with E-state index in [0.29, 0.717) is 11.7 Å². The van der Waals surface area contributed by atoms with Crippen LogP contribution in [-0.4, -0.2) is 24.1 Å². The Morgan fingerprint density at radius 2 is 1.89 bits per heavy atom. The number of carbonyl (C=O) groups excluding carboxylic acids is 1. The van der Waals surface area contributed by atoms with Crippen molar-refractivity contribution in [2.75, 3.05) is 18.5 Å². The Bertz CT molecular complexity index is 935. The van der Waals surface area contributed by atoms with Crippen molar-refractivity contribution in [3.05, 3.63) is 59.0 Å². The van der Waals surface area contributed by atoms with Gasteiger partial charge in [-0.1, -0.05) is 19.1 Å². The van der Waals surface area contributed by atoms with E-state index in [9.17, 15) is 4.79 Å². The predicted molar refractivity (Wildman–Crippen MR) is 113 cm³/mol. The highest BCUT2D eigenvalue weighted by Crippen LogP contribution is 2.27. The van der Waals surface area contributed by atoms with Gasteiger partial charge in [-0.15, -0.1) is 11.3 Å². The molecule has 0 spiro atoms. The molecule has 0 unspecified atom stereocenters. The van der Waals surface area contributed by atoms with Gasteiger partial charge < -0.3 is 9.47 Å². The van der Waals surface area contributed by atoms with Crippen LogP contribution in [0.5, 0.6) is 11.5 Å². The summed E-state index contributed by atoms with van der Waals surface area (Å²) in [6.45, 7) is 6.72. The fourth-order valence-electron chi connectivity index (χ4n) is 2.58. The van der Waals surface area contributed by atoms with Gasteiger partial charge in [-0.3, -0.25) is 10.1 Å². The van der Waals surface area contributed by atoms with Crippen LogP contribution in [0.2, 0.25) is 0 Å². The third-order valence-corrected chi connectivity index (χ3v) is 5.04. The van der Waals surface area contributed by atoms with E-state index in [2.05, 4.69) is 17.2 Å². The molecule has 0 atom stereocenters. The van der Waals surface area contributed by atoms with E-state index in [1.165, 1.54) is 11.3 Å². The van der Waals surface area contributed by atoms with Gasteiger partial charge in [-0.05, 0) is 61.7 Å². The molecule has 1 amide bonds. The summed E-state index contributed by atoms with van der Waals surface area (Å²) >= 11 is 1.39. The molecular weight excluding hydrogens is 372 g/mol. The van der Waals surface area contributed by atoms with Gasteiger partial charge in [0.2, 0.25) is 0 Å². The number of thiazole rings is 1. The molecule has 28 heavy (non-hydrogen) atoms. The average molecular weight is 397 g/mol. The molecule has 5 nitrogen and oxygen atoms in total. The lowest BCUT2D eigenvalue weighted by molar-refractivity contribution is -0.118. The average Bonchev–Trinajstić information content (AvgIpc) is 3.16.